The maximum Gasteiger partial charge on any atom is 0.323 e. The Morgan fingerprint density at radius 3 is 1.05 bits per heavy atom. The molecule has 0 aliphatic heterocycles. The molecule has 0 unspecified atom stereocenters. The van der Waals surface area contributed by atoms with E-state index in [-0.39, 0.29) is 44.0 Å². The molecule has 0 bridgehead atoms. The Kier molecular flexibility index (Phi) is 11.1. The molecule has 21 nitrogen and oxygen atoms in total. The molecule has 6 rings (SSSR count). The summed E-state index contributed by atoms with van der Waals surface area (Å²) in [5, 5.41) is 29.7. The molecule has 0 fully saturated rings. The number of hydrogen-bond acceptors (Lipinski definition) is 13. The SMILES string of the molecule is O=C(Nc1cccc(C(=O)Nc2cc(S(=O)(=O)O)cc3cc(S(=O)(=O)O)cc(O)c23)c1)Nc1cccc(C(=O)Nc2cc(S(=O)(=O)O)cc3cc(S(=O)(=O)O)cc(O)c23)c1. The normalized spacial score (nSPS) is 12.2. The quantitative estimate of drug-likeness (QED) is 0.0843. The monoisotopic (exact) mass is 902 g/mol. The molecule has 60 heavy (non-hydrogen) atoms. The van der Waals surface area contributed by atoms with E-state index in [1.54, 1.807) is 0 Å². The first kappa shape index (κ1) is 42.9. The Bertz CT molecular complexity index is 3070. The van der Waals surface area contributed by atoms with Crippen LogP contribution in [-0.4, -0.2) is 79.9 Å². The van der Waals surface area contributed by atoms with Gasteiger partial charge in [-0.05, 0) is 83.6 Å². The number of phenols is 2. The molecule has 0 saturated carbocycles. The van der Waals surface area contributed by atoms with Crippen molar-refractivity contribution in [1.29, 1.82) is 0 Å². The predicted octanol–water partition coefficient (Wildman–Crippen LogP) is 4.54. The maximum atomic E-state index is 13.3. The second-order valence-electron chi connectivity index (χ2n) is 12.6. The minimum Gasteiger partial charge on any atom is -0.507 e. The van der Waals surface area contributed by atoms with Crippen LogP contribution in [-0.2, 0) is 40.5 Å². The van der Waals surface area contributed by atoms with Crippen molar-refractivity contribution in [3.63, 3.8) is 0 Å². The molecule has 0 spiro atoms. The highest BCUT2D eigenvalue weighted by Crippen LogP contribution is 2.38. The first-order valence-corrected chi connectivity index (χ1v) is 22.0. The Hall–Kier alpha value is -6.71. The molecule has 25 heteroatoms. The summed E-state index contributed by atoms with van der Waals surface area (Å²) in [5.74, 6) is -3.46. The molecule has 0 atom stereocenters. The van der Waals surface area contributed by atoms with Gasteiger partial charge in [-0.3, -0.25) is 27.8 Å². The molecule has 0 heterocycles. The highest BCUT2D eigenvalue weighted by atomic mass is 32.2. The molecule has 6 aromatic rings. The van der Waals surface area contributed by atoms with Crippen molar-refractivity contribution >= 4 is 103 Å². The Labute approximate surface area is 338 Å². The van der Waals surface area contributed by atoms with Crippen LogP contribution in [0.2, 0.25) is 0 Å². The van der Waals surface area contributed by atoms with Crippen LogP contribution < -0.4 is 21.3 Å². The van der Waals surface area contributed by atoms with Crippen LogP contribution in [0.15, 0.2) is 117 Å². The van der Waals surface area contributed by atoms with Gasteiger partial charge in [-0.1, -0.05) is 12.1 Å². The lowest BCUT2D eigenvalue weighted by atomic mass is 10.1. The number of fused-ring (bicyclic) bond motifs is 2. The van der Waals surface area contributed by atoms with E-state index in [9.17, 15) is 76.5 Å². The average molecular weight is 903 g/mol. The van der Waals surface area contributed by atoms with Crippen LogP contribution in [0.1, 0.15) is 20.7 Å². The number of rotatable bonds is 10. The molecule has 0 radical (unpaired) electrons. The highest BCUT2D eigenvalue weighted by molar-refractivity contribution is 7.86. The summed E-state index contributed by atoms with van der Waals surface area (Å²) in [7, 11) is -19.7. The summed E-state index contributed by atoms with van der Waals surface area (Å²) in [6, 6.07) is 15.5. The maximum absolute atomic E-state index is 13.3. The number of hydrogen-bond donors (Lipinski definition) is 10. The third-order valence-electron chi connectivity index (χ3n) is 8.40. The van der Waals surface area contributed by atoms with Crippen LogP contribution >= 0.6 is 0 Å². The molecular formula is C35H26N4O17S4. The van der Waals surface area contributed by atoms with Crippen molar-refractivity contribution in [3.8, 4) is 11.5 Å². The molecule has 0 aliphatic rings. The van der Waals surface area contributed by atoms with Crippen LogP contribution in [0.25, 0.3) is 21.5 Å². The van der Waals surface area contributed by atoms with E-state index in [1.165, 1.54) is 48.5 Å². The summed E-state index contributed by atoms with van der Waals surface area (Å²) in [5.41, 5.74) is -1.03. The van der Waals surface area contributed by atoms with Gasteiger partial charge >= 0.3 is 6.03 Å². The lowest BCUT2D eigenvalue weighted by Gasteiger charge is -2.14. The van der Waals surface area contributed by atoms with Crippen molar-refractivity contribution in [2.75, 3.05) is 21.3 Å². The number of benzene rings is 6. The fourth-order valence-electron chi connectivity index (χ4n) is 5.83. The van der Waals surface area contributed by atoms with Crippen LogP contribution in [0, 0.1) is 0 Å². The van der Waals surface area contributed by atoms with Crippen molar-refractivity contribution in [3.05, 3.63) is 108 Å². The van der Waals surface area contributed by atoms with E-state index in [4.69, 9.17) is 0 Å². The van der Waals surface area contributed by atoms with Gasteiger partial charge in [-0.15, -0.1) is 0 Å². The van der Waals surface area contributed by atoms with Gasteiger partial charge in [-0.25, -0.2) is 4.79 Å². The second-order valence-corrected chi connectivity index (χ2v) is 18.3. The molecule has 312 valence electrons. The van der Waals surface area contributed by atoms with Crippen molar-refractivity contribution in [2.24, 2.45) is 0 Å². The van der Waals surface area contributed by atoms with Gasteiger partial charge in [0.2, 0.25) is 0 Å². The third-order valence-corrected chi connectivity index (χ3v) is 11.7. The minimum atomic E-state index is -4.95. The largest absolute Gasteiger partial charge is 0.507 e. The highest BCUT2D eigenvalue weighted by Gasteiger charge is 2.23. The summed E-state index contributed by atoms with van der Waals surface area (Å²) in [4.78, 5) is 36.4. The van der Waals surface area contributed by atoms with E-state index in [0.29, 0.717) is 12.1 Å². The summed E-state index contributed by atoms with van der Waals surface area (Å²) >= 11 is 0. The standard InChI is InChI=1S/C35H26N4O17S4/c40-29-15-25(59(51,52)53)11-19-9-23(57(45,46)47)13-27(31(19)29)38-33(42)17-3-1-5-21(7-17)36-35(44)37-22-6-2-4-18(8-22)34(43)39-28-14-24(58(48,49)50)10-20-12-26(60(54,55)56)16-30(41)32(20)28/h1-16,40-41H,(H,38,42)(H,39,43)(H2,36,37,44)(H,45,46,47)(H,48,49,50)(H,51,52,53)(H,54,55,56). The molecule has 10 N–H and O–H groups in total. The number of anilines is 4. The fraction of sp³-hybridized carbons (Fsp3) is 0. The van der Waals surface area contributed by atoms with E-state index < -0.39 is 101 Å². The lowest BCUT2D eigenvalue weighted by Crippen LogP contribution is -2.20. The van der Waals surface area contributed by atoms with Crippen LogP contribution in [0.3, 0.4) is 0 Å². The zero-order chi connectivity index (χ0) is 44.1. The molecular weight excluding hydrogens is 877 g/mol. The van der Waals surface area contributed by atoms with Gasteiger partial charge in [0.15, 0.2) is 0 Å². The van der Waals surface area contributed by atoms with E-state index in [1.807, 2.05) is 0 Å². The van der Waals surface area contributed by atoms with Gasteiger partial charge in [0.05, 0.1) is 31.0 Å². The molecule has 0 aliphatic carbocycles. The number of nitrogens with one attached hydrogen (secondary N) is 4. The van der Waals surface area contributed by atoms with Crippen LogP contribution in [0.4, 0.5) is 27.5 Å². The van der Waals surface area contributed by atoms with Gasteiger partial charge in [0.25, 0.3) is 52.3 Å². The third kappa shape index (κ3) is 9.43. The lowest BCUT2D eigenvalue weighted by molar-refractivity contribution is 0.101. The van der Waals surface area contributed by atoms with E-state index >= 15 is 0 Å². The smallest absolute Gasteiger partial charge is 0.323 e. The molecule has 0 aromatic heterocycles. The van der Waals surface area contributed by atoms with Crippen molar-refractivity contribution < 1.29 is 76.5 Å². The van der Waals surface area contributed by atoms with E-state index in [2.05, 4.69) is 21.3 Å². The number of carbonyl (C=O) groups is 3. The Balaban J connectivity index is 1.21. The van der Waals surface area contributed by atoms with Gasteiger partial charge in [-0.2, -0.15) is 33.7 Å². The summed E-state index contributed by atoms with van der Waals surface area (Å²) in [6.45, 7) is 0. The minimum absolute atomic E-state index is 0.0220. The van der Waals surface area contributed by atoms with Gasteiger partial charge in [0, 0.05) is 45.4 Å². The molecule has 4 amide bonds. The first-order chi connectivity index (χ1) is 27.8. The predicted molar refractivity (Wildman–Crippen MR) is 212 cm³/mol. The van der Waals surface area contributed by atoms with Gasteiger partial charge in [0.1, 0.15) is 11.5 Å². The number of aromatic hydroxyl groups is 2. The zero-order valence-corrected chi connectivity index (χ0v) is 32.8. The number of amides is 4. The van der Waals surface area contributed by atoms with Gasteiger partial charge < -0.3 is 31.5 Å². The molecule has 6 aromatic carbocycles. The summed E-state index contributed by atoms with van der Waals surface area (Å²) in [6.07, 6.45) is 0. The number of phenolic OH excluding ortho intramolecular Hbond substituents is 2. The fourth-order valence-corrected chi connectivity index (χ4v) is 7.99. The summed E-state index contributed by atoms with van der Waals surface area (Å²) < 4.78 is 133. The number of carbonyl (C=O) groups excluding carboxylic acids is 3. The topological polar surface area (TPSA) is 357 Å². The Morgan fingerprint density at radius 2 is 0.733 bits per heavy atom. The average Bonchev–Trinajstić information content (AvgIpc) is 3.12. The van der Waals surface area contributed by atoms with Crippen molar-refractivity contribution in [2.45, 2.75) is 19.6 Å². The first-order valence-electron chi connectivity index (χ1n) is 16.2. The second kappa shape index (κ2) is 15.5. The number of urea groups is 1. The van der Waals surface area contributed by atoms with Crippen molar-refractivity contribution in [1.82, 2.24) is 0 Å². The van der Waals surface area contributed by atoms with Crippen LogP contribution in [0.5, 0.6) is 11.5 Å². The zero-order valence-electron chi connectivity index (χ0n) is 29.5. The Morgan fingerprint density at radius 1 is 0.417 bits per heavy atom. The molecule has 0 saturated heterocycles. The van der Waals surface area contributed by atoms with E-state index in [0.717, 1.165) is 36.4 Å².